The molecule has 1 aliphatic rings. The fraction of sp³-hybridized carbons (Fsp3) is 0.269. The molecule has 2 heterocycles. The van der Waals surface area contributed by atoms with Gasteiger partial charge in [0.25, 0.3) is 5.91 Å². The van der Waals surface area contributed by atoms with E-state index in [0.29, 0.717) is 12.1 Å². The number of nitrogens with zero attached hydrogens (tertiary/aromatic N) is 4. The Kier molecular flexibility index (Phi) is 7.19. The summed E-state index contributed by atoms with van der Waals surface area (Å²) in [5.74, 6) is -1.07. The molecule has 1 fully saturated rings. The molecule has 7 heteroatoms. The van der Waals surface area contributed by atoms with E-state index in [1.54, 1.807) is 11.0 Å². The number of carbonyl (C=O) groups excluding carboxylic acids is 1. The van der Waals surface area contributed by atoms with Crippen molar-refractivity contribution in [2.45, 2.75) is 13.0 Å². The molecule has 7 nitrogen and oxygen atoms in total. The van der Waals surface area contributed by atoms with Crippen molar-refractivity contribution < 1.29 is 14.7 Å². The van der Waals surface area contributed by atoms with Crippen LogP contribution in [0.15, 0.2) is 79.1 Å². The predicted octanol–water partition coefficient (Wildman–Crippen LogP) is 3.53. The van der Waals surface area contributed by atoms with Crippen LogP contribution in [0.5, 0.6) is 0 Å². The van der Waals surface area contributed by atoms with Crippen LogP contribution in [0.2, 0.25) is 0 Å². The number of pyridine rings is 1. The lowest BCUT2D eigenvalue weighted by Gasteiger charge is -2.37. The lowest BCUT2D eigenvalue weighted by Crippen LogP contribution is -2.46. The lowest BCUT2D eigenvalue weighted by molar-refractivity contribution is -0.137. The molecule has 0 atom stereocenters. The number of piperazine rings is 1. The standard InChI is InChI=1S/C26H28N4O3/c31-25(32)11-14-30(20-21-5-2-1-3-6-21)26(33)22-7-4-8-24(19-22)29-17-15-28(16-18-29)23-9-12-27-13-10-23/h1-10,12-13,19H,11,14-18,20H2,(H,31,32). The maximum atomic E-state index is 13.3. The van der Waals surface area contributed by atoms with E-state index < -0.39 is 5.97 Å². The van der Waals surface area contributed by atoms with Gasteiger partial charge in [-0.2, -0.15) is 0 Å². The van der Waals surface area contributed by atoms with E-state index in [1.807, 2.05) is 73.1 Å². The van der Waals surface area contributed by atoms with Crippen molar-refractivity contribution >= 4 is 23.3 Å². The molecule has 33 heavy (non-hydrogen) atoms. The third-order valence-corrected chi connectivity index (χ3v) is 5.86. The third kappa shape index (κ3) is 5.88. The van der Waals surface area contributed by atoms with Crippen molar-refractivity contribution in [3.63, 3.8) is 0 Å². The Balaban J connectivity index is 1.46. The van der Waals surface area contributed by atoms with Crippen molar-refractivity contribution in [3.8, 4) is 0 Å². The summed E-state index contributed by atoms with van der Waals surface area (Å²) in [6.07, 6.45) is 3.53. The molecule has 1 aliphatic heterocycles. The second-order valence-corrected chi connectivity index (χ2v) is 8.09. The highest BCUT2D eigenvalue weighted by molar-refractivity contribution is 5.95. The number of hydrogen-bond donors (Lipinski definition) is 1. The number of anilines is 2. The van der Waals surface area contributed by atoms with Crippen LogP contribution in [-0.2, 0) is 11.3 Å². The van der Waals surface area contributed by atoms with Crippen molar-refractivity contribution in [3.05, 3.63) is 90.3 Å². The van der Waals surface area contributed by atoms with Crippen LogP contribution in [0.3, 0.4) is 0 Å². The number of benzene rings is 2. The summed E-state index contributed by atoms with van der Waals surface area (Å²) >= 11 is 0. The summed E-state index contributed by atoms with van der Waals surface area (Å²) in [6, 6.07) is 21.3. The van der Waals surface area contributed by atoms with E-state index in [0.717, 1.165) is 37.4 Å². The summed E-state index contributed by atoms with van der Waals surface area (Å²) in [4.78, 5) is 34.8. The summed E-state index contributed by atoms with van der Waals surface area (Å²) in [5.41, 5.74) is 3.72. The first-order valence-corrected chi connectivity index (χ1v) is 11.1. The first-order chi connectivity index (χ1) is 16.1. The lowest BCUT2D eigenvalue weighted by atomic mass is 10.1. The monoisotopic (exact) mass is 444 g/mol. The van der Waals surface area contributed by atoms with Crippen LogP contribution in [0.1, 0.15) is 22.3 Å². The molecule has 1 saturated heterocycles. The Hall–Kier alpha value is -3.87. The first-order valence-electron chi connectivity index (χ1n) is 11.1. The van der Waals surface area contributed by atoms with E-state index in [9.17, 15) is 9.59 Å². The van der Waals surface area contributed by atoms with Gasteiger partial charge in [-0.1, -0.05) is 36.4 Å². The normalized spacial score (nSPS) is 13.6. The van der Waals surface area contributed by atoms with Gasteiger partial charge in [-0.15, -0.1) is 0 Å². The molecule has 0 bridgehead atoms. The Morgan fingerprint density at radius 1 is 0.848 bits per heavy atom. The predicted molar refractivity (Wildman–Crippen MR) is 129 cm³/mol. The maximum absolute atomic E-state index is 13.3. The molecule has 0 saturated carbocycles. The number of hydrogen-bond acceptors (Lipinski definition) is 5. The van der Waals surface area contributed by atoms with Gasteiger partial charge in [0.15, 0.2) is 0 Å². The summed E-state index contributed by atoms with van der Waals surface area (Å²) in [5, 5.41) is 9.15. The number of aliphatic carboxylic acids is 1. The van der Waals surface area contributed by atoms with E-state index in [1.165, 1.54) is 5.69 Å². The van der Waals surface area contributed by atoms with Gasteiger partial charge >= 0.3 is 5.97 Å². The highest BCUT2D eigenvalue weighted by Gasteiger charge is 2.21. The number of aromatic nitrogens is 1. The average molecular weight is 445 g/mol. The van der Waals surface area contributed by atoms with Crippen LogP contribution in [0.4, 0.5) is 11.4 Å². The molecule has 2 aromatic carbocycles. The second-order valence-electron chi connectivity index (χ2n) is 8.09. The smallest absolute Gasteiger partial charge is 0.305 e. The van der Waals surface area contributed by atoms with Gasteiger partial charge in [0.05, 0.1) is 6.42 Å². The van der Waals surface area contributed by atoms with Gasteiger partial charge in [-0.25, -0.2) is 0 Å². The molecule has 1 aromatic heterocycles. The van der Waals surface area contributed by atoms with Crippen LogP contribution in [0, 0.1) is 0 Å². The van der Waals surface area contributed by atoms with Crippen molar-refractivity contribution in [1.29, 1.82) is 0 Å². The summed E-state index contributed by atoms with van der Waals surface area (Å²) < 4.78 is 0. The Bertz CT molecular complexity index is 1070. The molecule has 1 N–H and O–H groups in total. The fourth-order valence-electron chi connectivity index (χ4n) is 4.08. The minimum atomic E-state index is -0.915. The largest absolute Gasteiger partial charge is 0.481 e. The number of carbonyl (C=O) groups is 2. The molecule has 1 amide bonds. The van der Waals surface area contributed by atoms with E-state index in [-0.39, 0.29) is 18.9 Å². The van der Waals surface area contributed by atoms with Gasteiger partial charge in [0, 0.05) is 68.6 Å². The van der Waals surface area contributed by atoms with Gasteiger partial charge in [-0.05, 0) is 35.9 Å². The summed E-state index contributed by atoms with van der Waals surface area (Å²) in [7, 11) is 0. The van der Waals surface area contributed by atoms with E-state index >= 15 is 0 Å². The van der Waals surface area contributed by atoms with E-state index in [2.05, 4.69) is 14.8 Å². The zero-order chi connectivity index (χ0) is 23.0. The number of carboxylic acid groups (broad SMARTS) is 1. The molecular formula is C26H28N4O3. The number of amides is 1. The van der Waals surface area contributed by atoms with Gasteiger partial charge < -0.3 is 19.8 Å². The molecule has 0 unspecified atom stereocenters. The minimum absolute atomic E-state index is 0.0881. The highest BCUT2D eigenvalue weighted by Crippen LogP contribution is 2.22. The molecule has 4 rings (SSSR count). The van der Waals surface area contributed by atoms with Crippen molar-refractivity contribution in [2.24, 2.45) is 0 Å². The van der Waals surface area contributed by atoms with Crippen molar-refractivity contribution in [2.75, 3.05) is 42.5 Å². The number of rotatable bonds is 8. The molecule has 0 spiro atoms. The minimum Gasteiger partial charge on any atom is -0.481 e. The SMILES string of the molecule is O=C(O)CCN(Cc1ccccc1)C(=O)c1cccc(N2CCN(c3ccncc3)CC2)c1. The molecule has 0 radical (unpaired) electrons. The molecular weight excluding hydrogens is 416 g/mol. The zero-order valence-electron chi connectivity index (χ0n) is 18.5. The number of carboxylic acids is 1. The molecule has 170 valence electrons. The Labute approximate surface area is 193 Å². The first kappa shape index (κ1) is 22.3. The van der Waals surface area contributed by atoms with Crippen LogP contribution in [-0.4, -0.2) is 59.6 Å². The Morgan fingerprint density at radius 3 is 2.18 bits per heavy atom. The average Bonchev–Trinajstić information content (AvgIpc) is 2.87. The quantitative estimate of drug-likeness (QED) is 0.573. The van der Waals surface area contributed by atoms with Crippen molar-refractivity contribution in [1.82, 2.24) is 9.88 Å². The van der Waals surface area contributed by atoms with Crippen LogP contribution >= 0.6 is 0 Å². The zero-order valence-corrected chi connectivity index (χ0v) is 18.5. The molecule has 3 aromatic rings. The maximum Gasteiger partial charge on any atom is 0.305 e. The van der Waals surface area contributed by atoms with E-state index in [4.69, 9.17) is 5.11 Å². The van der Waals surface area contributed by atoms with Gasteiger partial charge in [0.1, 0.15) is 0 Å². The summed E-state index contributed by atoms with van der Waals surface area (Å²) in [6.45, 7) is 4.03. The fourth-order valence-corrected chi connectivity index (χ4v) is 4.08. The van der Waals surface area contributed by atoms with Crippen LogP contribution in [0.25, 0.3) is 0 Å². The van der Waals surface area contributed by atoms with Gasteiger partial charge in [0.2, 0.25) is 0 Å². The van der Waals surface area contributed by atoms with Gasteiger partial charge in [-0.3, -0.25) is 14.6 Å². The highest BCUT2D eigenvalue weighted by atomic mass is 16.4. The second kappa shape index (κ2) is 10.6. The van der Waals surface area contributed by atoms with Crippen LogP contribution < -0.4 is 9.80 Å². The molecule has 0 aliphatic carbocycles. The topological polar surface area (TPSA) is 77.0 Å². The third-order valence-electron chi connectivity index (χ3n) is 5.86. The Morgan fingerprint density at radius 2 is 1.52 bits per heavy atom.